The number of hydrogen-bond acceptors (Lipinski definition) is 3. The van der Waals surface area contributed by atoms with Crippen molar-refractivity contribution in [1.29, 1.82) is 0 Å². The van der Waals surface area contributed by atoms with E-state index in [2.05, 4.69) is 9.73 Å². The van der Waals surface area contributed by atoms with Crippen LogP contribution in [0.25, 0.3) is 0 Å². The monoisotopic (exact) mass is 262 g/mol. The van der Waals surface area contributed by atoms with Crippen LogP contribution in [0.15, 0.2) is 23.2 Å². The van der Waals surface area contributed by atoms with Crippen LogP contribution in [0.1, 0.15) is 5.56 Å². The Morgan fingerprint density at radius 2 is 2.06 bits per heavy atom. The van der Waals surface area contributed by atoms with Gasteiger partial charge in [-0.3, -0.25) is 0 Å². The Balaban J connectivity index is 3.14. The van der Waals surface area contributed by atoms with Crippen LogP contribution < -0.4 is 10.5 Å². The van der Waals surface area contributed by atoms with Gasteiger partial charge in [-0.1, -0.05) is 6.07 Å². The summed E-state index contributed by atoms with van der Waals surface area (Å²) in [7, 11) is 0. The molecule has 1 rings (SSSR count). The number of aliphatic carboxylic acids is 1. The van der Waals surface area contributed by atoms with E-state index in [-0.39, 0.29) is 11.3 Å². The van der Waals surface area contributed by atoms with Crippen LogP contribution >= 0.6 is 0 Å². The highest BCUT2D eigenvalue weighted by Gasteiger charge is 2.32. The number of nitrogens with zero attached hydrogens (tertiary/aromatic N) is 1. The van der Waals surface area contributed by atoms with E-state index in [0.717, 1.165) is 6.07 Å². The minimum Gasteiger partial charge on any atom is -0.475 e. The van der Waals surface area contributed by atoms with E-state index in [1.54, 1.807) is 0 Å². The zero-order valence-corrected chi connectivity index (χ0v) is 9.15. The van der Waals surface area contributed by atoms with Gasteiger partial charge < -0.3 is 15.6 Å². The van der Waals surface area contributed by atoms with Gasteiger partial charge in [0.25, 0.3) is 0 Å². The zero-order valence-electron chi connectivity index (χ0n) is 9.15. The Morgan fingerprint density at radius 1 is 1.44 bits per heavy atom. The van der Waals surface area contributed by atoms with Crippen LogP contribution in [0.2, 0.25) is 0 Å². The highest BCUT2D eigenvalue weighted by Crippen LogP contribution is 2.31. The van der Waals surface area contributed by atoms with Crippen molar-refractivity contribution in [2.45, 2.75) is 13.3 Å². The average Bonchev–Trinajstić information content (AvgIpc) is 2.21. The van der Waals surface area contributed by atoms with Crippen LogP contribution in [0, 0.1) is 6.92 Å². The molecule has 0 spiro atoms. The maximum Gasteiger partial charge on any atom is 0.573 e. The lowest BCUT2D eigenvalue weighted by molar-refractivity contribution is -0.274. The number of amidine groups is 1. The van der Waals surface area contributed by atoms with E-state index in [1.165, 1.54) is 19.1 Å². The number of ether oxygens (including phenoxy) is 1. The fraction of sp³-hybridized carbons (Fsp3) is 0.200. The molecule has 1 aromatic carbocycles. The number of carboxylic acid groups (broad SMARTS) is 1. The molecular weight excluding hydrogens is 253 g/mol. The van der Waals surface area contributed by atoms with Crippen LogP contribution in [0.4, 0.5) is 18.9 Å². The summed E-state index contributed by atoms with van der Waals surface area (Å²) in [5.41, 5.74) is 5.12. The average molecular weight is 262 g/mol. The number of hydrogen-bond donors (Lipinski definition) is 2. The molecule has 0 fully saturated rings. The van der Waals surface area contributed by atoms with Crippen LogP contribution in [-0.2, 0) is 4.79 Å². The number of halogens is 3. The van der Waals surface area contributed by atoms with Crippen LogP contribution in [0.5, 0.6) is 5.75 Å². The number of aliphatic imine (C=N–C) groups is 1. The van der Waals surface area contributed by atoms with Crippen molar-refractivity contribution in [2.75, 3.05) is 0 Å². The largest absolute Gasteiger partial charge is 0.573 e. The van der Waals surface area contributed by atoms with Crippen molar-refractivity contribution < 1.29 is 27.8 Å². The molecule has 1 aromatic rings. The SMILES string of the molecule is Cc1c(N=C(N)C(=O)O)cccc1OC(F)(F)F. The maximum absolute atomic E-state index is 12.1. The molecule has 0 aliphatic carbocycles. The second kappa shape index (κ2) is 4.94. The molecular formula is C10H9F3N2O3. The lowest BCUT2D eigenvalue weighted by Crippen LogP contribution is -2.22. The first-order valence-electron chi connectivity index (χ1n) is 4.63. The normalized spacial score (nSPS) is 12.3. The van der Waals surface area contributed by atoms with Crippen molar-refractivity contribution in [2.24, 2.45) is 10.7 Å². The van der Waals surface area contributed by atoms with Crippen molar-refractivity contribution in [3.8, 4) is 5.75 Å². The molecule has 0 heterocycles. The van der Waals surface area contributed by atoms with Crippen molar-refractivity contribution in [3.63, 3.8) is 0 Å². The first-order chi connectivity index (χ1) is 8.20. The third-order valence-electron chi connectivity index (χ3n) is 1.94. The first kappa shape index (κ1) is 13.8. The van der Waals surface area contributed by atoms with Crippen LogP contribution in [0.3, 0.4) is 0 Å². The third kappa shape index (κ3) is 3.65. The fourth-order valence-electron chi connectivity index (χ4n) is 1.14. The number of rotatable bonds is 2. The molecule has 98 valence electrons. The Morgan fingerprint density at radius 3 is 2.56 bits per heavy atom. The molecule has 0 amide bonds. The molecule has 0 aliphatic rings. The molecule has 0 aliphatic heterocycles. The number of carboxylic acids is 1. The Hall–Kier alpha value is -2.25. The predicted octanol–water partition coefficient (Wildman–Crippen LogP) is 1.97. The van der Waals surface area contributed by atoms with Gasteiger partial charge in [0.15, 0.2) is 0 Å². The van der Waals surface area contributed by atoms with Gasteiger partial charge in [-0.05, 0) is 19.1 Å². The van der Waals surface area contributed by atoms with Gasteiger partial charge in [-0.2, -0.15) is 0 Å². The third-order valence-corrected chi connectivity index (χ3v) is 1.94. The minimum absolute atomic E-state index is 0.00310. The van der Waals surface area contributed by atoms with E-state index in [9.17, 15) is 18.0 Å². The Kier molecular flexibility index (Phi) is 3.79. The Bertz CT molecular complexity index is 498. The summed E-state index contributed by atoms with van der Waals surface area (Å²) < 4.78 is 40.0. The number of nitrogens with two attached hydrogens (primary N) is 1. The van der Waals surface area contributed by atoms with Crippen LogP contribution in [-0.4, -0.2) is 23.3 Å². The van der Waals surface area contributed by atoms with Gasteiger partial charge in [0.05, 0.1) is 5.69 Å². The summed E-state index contributed by atoms with van der Waals surface area (Å²) in [6, 6.07) is 3.68. The maximum atomic E-state index is 12.1. The second-order valence-corrected chi connectivity index (χ2v) is 3.25. The van der Waals surface area contributed by atoms with Gasteiger partial charge in [-0.15, -0.1) is 13.2 Å². The topological polar surface area (TPSA) is 84.9 Å². The quantitative estimate of drug-likeness (QED) is 0.630. The molecule has 8 heteroatoms. The molecule has 0 aromatic heterocycles. The van der Waals surface area contributed by atoms with E-state index in [4.69, 9.17) is 10.8 Å². The highest BCUT2D eigenvalue weighted by atomic mass is 19.4. The molecule has 0 unspecified atom stereocenters. The van der Waals surface area contributed by atoms with E-state index in [1.807, 2.05) is 0 Å². The number of benzene rings is 1. The van der Waals surface area contributed by atoms with Gasteiger partial charge in [0.1, 0.15) is 5.75 Å². The van der Waals surface area contributed by atoms with Crippen molar-refractivity contribution in [1.82, 2.24) is 0 Å². The molecule has 0 saturated heterocycles. The van der Waals surface area contributed by atoms with E-state index in [0.29, 0.717) is 0 Å². The minimum atomic E-state index is -4.83. The standard InChI is InChI=1S/C10H9F3N2O3/c1-5-6(15-8(14)9(16)17)3-2-4-7(5)18-10(11,12)13/h2-4H,1H3,(H2,14,15)(H,16,17). The predicted molar refractivity (Wildman–Crippen MR) is 56.8 cm³/mol. The number of carbonyl (C=O) groups is 1. The molecule has 3 N–H and O–H groups in total. The van der Waals surface area contributed by atoms with Gasteiger partial charge >= 0.3 is 12.3 Å². The fourth-order valence-corrected chi connectivity index (χ4v) is 1.14. The summed E-state index contributed by atoms with van der Waals surface area (Å²) in [6.45, 7) is 1.31. The lowest BCUT2D eigenvalue weighted by Gasteiger charge is -2.12. The van der Waals surface area contributed by atoms with E-state index >= 15 is 0 Å². The number of alkyl halides is 3. The van der Waals surface area contributed by atoms with Gasteiger partial charge in [0.2, 0.25) is 5.84 Å². The van der Waals surface area contributed by atoms with Crippen molar-refractivity contribution in [3.05, 3.63) is 23.8 Å². The summed E-state index contributed by atoms with van der Waals surface area (Å²) in [5.74, 6) is -2.64. The highest BCUT2D eigenvalue weighted by molar-refractivity contribution is 6.34. The van der Waals surface area contributed by atoms with Gasteiger partial charge in [0, 0.05) is 5.56 Å². The zero-order chi connectivity index (χ0) is 13.9. The summed E-state index contributed by atoms with van der Waals surface area (Å²) >= 11 is 0. The first-order valence-corrected chi connectivity index (χ1v) is 4.63. The summed E-state index contributed by atoms with van der Waals surface area (Å²) in [5, 5.41) is 8.52. The molecule has 5 nitrogen and oxygen atoms in total. The Labute approximate surface area is 99.7 Å². The summed E-state index contributed by atoms with van der Waals surface area (Å²) in [6.07, 6.45) is -4.83. The molecule has 0 bridgehead atoms. The van der Waals surface area contributed by atoms with E-state index < -0.39 is 23.9 Å². The molecule has 0 saturated carbocycles. The smallest absolute Gasteiger partial charge is 0.475 e. The van der Waals surface area contributed by atoms with Crippen molar-refractivity contribution >= 4 is 17.5 Å². The second-order valence-electron chi connectivity index (χ2n) is 3.25. The molecule has 0 radical (unpaired) electrons. The van der Waals surface area contributed by atoms with Gasteiger partial charge in [-0.25, -0.2) is 9.79 Å². The summed E-state index contributed by atoms with van der Waals surface area (Å²) in [4.78, 5) is 14.0. The molecule has 18 heavy (non-hydrogen) atoms. The molecule has 0 atom stereocenters. The lowest BCUT2D eigenvalue weighted by atomic mass is 10.2.